The molecule has 1 aliphatic rings. The minimum Gasteiger partial charge on any atom is -0.246 e. The molecule has 66 valence electrons. The van der Waals surface area contributed by atoms with Gasteiger partial charge < -0.3 is 0 Å². The summed E-state index contributed by atoms with van der Waals surface area (Å²) in [5, 5.41) is 1.25. The van der Waals surface area contributed by atoms with Crippen molar-refractivity contribution in [3.8, 4) is 0 Å². The lowest BCUT2D eigenvalue weighted by molar-refractivity contribution is 0.443. The van der Waals surface area contributed by atoms with Crippen LogP contribution in [0.15, 0.2) is 0 Å². The molecule has 1 aromatic rings. The molecule has 1 unspecified atom stereocenters. The smallest absolute Gasteiger partial charge is 0.0900 e. The van der Waals surface area contributed by atoms with E-state index in [1.165, 1.54) is 36.4 Å². The topological polar surface area (TPSA) is 12.9 Å². The third-order valence-corrected chi connectivity index (χ3v) is 3.80. The van der Waals surface area contributed by atoms with Gasteiger partial charge in [0.1, 0.15) is 0 Å². The summed E-state index contributed by atoms with van der Waals surface area (Å²) in [6.07, 6.45) is 5.21. The molecular weight excluding hydrogens is 166 g/mol. The number of hydrogen-bond acceptors (Lipinski definition) is 2. The fourth-order valence-electron chi connectivity index (χ4n) is 1.93. The van der Waals surface area contributed by atoms with Crippen LogP contribution in [-0.2, 0) is 12.8 Å². The zero-order valence-corrected chi connectivity index (χ0v) is 8.58. The summed E-state index contributed by atoms with van der Waals surface area (Å²) >= 11 is 1.89. The molecule has 1 nitrogen and oxygen atoms in total. The van der Waals surface area contributed by atoms with Gasteiger partial charge in [-0.1, -0.05) is 13.3 Å². The van der Waals surface area contributed by atoms with Crippen molar-refractivity contribution in [3.05, 3.63) is 15.6 Å². The number of fused-ring (bicyclic) bond motifs is 1. The summed E-state index contributed by atoms with van der Waals surface area (Å²) in [6, 6.07) is 0. The Morgan fingerprint density at radius 3 is 3.17 bits per heavy atom. The van der Waals surface area contributed by atoms with Crippen molar-refractivity contribution in [2.24, 2.45) is 5.92 Å². The predicted octanol–water partition coefficient (Wildman–Crippen LogP) is 2.97. The van der Waals surface area contributed by atoms with E-state index in [-0.39, 0.29) is 0 Å². The first kappa shape index (κ1) is 8.24. The number of aromatic nitrogens is 1. The molecule has 0 fully saturated rings. The van der Waals surface area contributed by atoms with E-state index >= 15 is 0 Å². The molecule has 1 aromatic heterocycles. The highest BCUT2D eigenvalue weighted by Gasteiger charge is 2.19. The maximum atomic E-state index is 4.57. The van der Waals surface area contributed by atoms with E-state index < -0.39 is 0 Å². The molecule has 0 bridgehead atoms. The molecule has 0 amide bonds. The monoisotopic (exact) mass is 181 g/mol. The maximum Gasteiger partial charge on any atom is 0.0900 e. The van der Waals surface area contributed by atoms with Crippen molar-refractivity contribution >= 4 is 11.3 Å². The molecule has 2 heteroatoms. The Kier molecular flexibility index (Phi) is 2.18. The summed E-state index contributed by atoms with van der Waals surface area (Å²) in [5.74, 6) is 0.902. The molecule has 0 spiro atoms. The lowest BCUT2D eigenvalue weighted by atomic mass is 9.89. The second-order valence-corrected chi connectivity index (χ2v) is 4.91. The Balaban J connectivity index is 2.22. The summed E-state index contributed by atoms with van der Waals surface area (Å²) in [6.45, 7) is 4.40. The van der Waals surface area contributed by atoms with Crippen molar-refractivity contribution in [2.75, 3.05) is 0 Å². The first-order valence-corrected chi connectivity index (χ1v) is 5.56. The summed E-state index contributed by atoms with van der Waals surface area (Å²) in [4.78, 5) is 6.12. The Hall–Kier alpha value is -0.370. The van der Waals surface area contributed by atoms with Gasteiger partial charge in [0.25, 0.3) is 0 Å². The number of aryl methyl sites for hydroxylation is 2. The van der Waals surface area contributed by atoms with Gasteiger partial charge in [0.15, 0.2) is 0 Å². The predicted molar refractivity (Wildman–Crippen MR) is 52.7 cm³/mol. The van der Waals surface area contributed by atoms with E-state index in [4.69, 9.17) is 0 Å². The maximum absolute atomic E-state index is 4.57. The molecule has 0 aromatic carbocycles. The Morgan fingerprint density at radius 1 is 1.58 bits per heavy atom. The molecule has 0 aliphatic heterocycles. The first-order valence-electron chi connectivity index (χ1n) is 4.74. The lowest BCUT2D eigenvalue weighted by Crippen LogP contribution is -2.11. The summed E-state index contributed by atoms with van der Waals surface area (Å²) in [7, 11) is 0. The van der Waals surface area contributed by atoms with Crippen molar-refractivity contribution in [1.82, 2.24) is 4.98 Å². The molecule has 0 N–H and O–H groups in total. The van der Waals surface area contributed by atoms with Gasteiger partial charge in [-0.15, -0.1) is 11.3 Å². The van der Waals surface area contributed by atoms with Crippen LogP contribution in [0, 0.1) is 12.8 Å². The first-order chi connectivity index (χ1) is 5.79. The largest absolute Gasteiger partial charge is 0.246 e. The fourth-order valence-corrected chi connectivity index (χ4v) is 2.91. The van der Waals surface area contributed by atoms with Gasteiger partial charge in [0.2, 0.25) is 0 Å². The van der Waals surface area contributed by atoms with Crippen molar-refractivity contribution in [1.29, 1.82) is 0 Å². The average molecular weight is 181 g/mol. The third-order valence-electron chi connectivity index (χ3n) is 2.72. The van der Waals surface area contributed by atoms with Gasteiger partial charge in [-0.25, -0.2) is 4.98 Å². The second-order valence-electron chi connectivity index (χ2n) is 3.62. The lowest BCUT2D eigenvalue weighted by Gasteiger charge is -2.18. The van der Waals surface area contributed by atoms with E-state index in [9.17, 15) is 0 Å². The van der Waals surface area contributed by atoms with Crippen LogP contribution < -0.4 is 0 Å². The molecule has 0 radical (unpaired) electrons. The summed E-state index contributed by atoms with van der Waals surface area (Å²) < 4.78 is 0. The normalized spacial score (nSPS) is 22.3. The number of hydrogen-bond donors (Lipinski definition) is 0. The van der Waals surface area contributed by atoms with E-state index in [0.717, 1.165) is 5.92 Å². The Bertz CT molecular complexity index is 277. The van der Waals surface area contributed by atoms with Crippen LogP contribution in [-0.4, -0.2) is 4.98 Å². The van der Waals surface area contributed by atoms with Crippen LogP contribution in [0.25, 0.3) is 0 Å². The Labute approximate surface area is 77.8 Å². The number of rotatable bonds is 1. The van der Waals surface area contributed by atoms with Crippen LogP contribution >= 0.6 is 11.3 Å². The highest BCUT2D eigenvalue weighted by atomic mass is 32.1. The average Bonchev–Trinajstić information content (AvgIpc) is 2.43. The molecule has 1 atom stereocenters. The van der Waals surface area contributed by atoms with Crippen LogP contribution in [0.2, 0.25) is 0 Å². The van der Waals surface area contributed by atoms with Crippen molar-refractivity contribution in [2.45, 2.75) is 39.5 Å². The van der Waals surface area contributed by atoms with Gasteiger partial charge >= 0.3 is 0 Å². The number of thiazole rings is 1. The zero-order chi connectivity index (χ0) is 8.55. The third kappa shape index (κ3) is 1.40. The minimum atomic E-state index is 0.902. The molecular formula is C10H15NS. The van der Waals surface area contributed by atoms with E-state index in [1.54, 1.807) is 4.88 Å². The van der Waals surface area contributed by atoms with Crippen LogP contribution in [0.1, 0.15) is 35.3 Å². The molecule has 1 heterocycles. The standard InChI is InChI=1S/C10H15NS/c1-3-8-4-5-10-9(6-8)11-7(2)12-10/h8H,3-6H2,1-2H3. The van der Waals surface area contributed by atoms with E-state index in [0.29, 0.717) is 0 Å². The zero-order valence-electron chi connectivity index (χ0n) is 7.76. The molecule has 0 saturated heterocycles. The molecule has 0 saturated carbocycles. The van der Waals surface area contributed by atoms with Crippen LogP contribution in [0.5, 0.6) is 0 Å². The quantitative estimate of drug-likeness (QED) is 0.649. The molecule has 12 heavy (non-hydrogen) atoms. The van der Waals surface area contributed by atoms with Gasteiger partial charge in [-0.05, 0) is 32.1 Å². The van der Waals surface area contributed by atoms with Crippen molar-refractivity contribution < 1.29 is 0 Å². The highest BCUT2D eigenvalue weighted by Crippen LogP contribution is 2.30. The number of nitrogens with zero attached hydrogens (tertiary/aromatic N) is 1. The van der Waals surface area contributed by atoms with Crippen LogP contribution in [0.4, 0.5) is 0 Å². The van der Waals surface area contributed by atoms with Crippen LogP contribution in [0.3, 0.4) is 0 Å². The van der Waals surface area contributed by atoms with Gasteiger partial charge in [-0.2, -0.15) is 0 Å². The Morgan fingerprint density at radius 2 is 2.42 bits per heavy atom. The van der Waals surface area contributed by atoms with E-state index in [2.05, 4.69) is 18.8 Å². The van der Waals surface area contributed by atoms with Gasteiger partial charge in [0.05, 0.1) is 10.7 Å². The van der Waals surface area contributed by atoms with E-state index in [1.807, 2.05) is 11.3 Å². The molecule has 1 aliphatic carbocycles. The van der Waals surface area contributed by atoms with Gasteiger partial charge in [-0.3, -0.25) is 0 Å². The van der Waals surface area contributed by atoms with Crippen molar-refractivity contribution in [3.63, 3.8) is 0 Å². The minimum absolute atomic E-state index is 0.902. The van der Waals surface area contributed by atoms with Gasteiger partial charge in [0, 0.05) is 4.88 Å². The highest BCUT2D eigenvalue weighted by molar-refractivity contribution is 7.11. The second kappa shape index (κ2) is 3.17. The fraction of sp³-hybridized carbons (Fsp3) is 0.700. The molecule has 2 rings (SSSR count). The SMILES string of the molecule is CCC1CCc2sc(C)nc2C1. The summed E-state index contributed by atoms with van der Waals surface area (Å²) in [5.41, 5.74) is 1.40.